The molecule has 2 saturated heterocycles. The number of halogens is 3. The zero-order chi connectivity index (χ0) is 30.4. The summed E-state index contributed by atoms with van der Waals surface area (Å²) in [6.07, 6.45) is -1.12. The second kappa shape index (κ2) is 11.0. The van der Waals surface area contributed by atoms with E-state index in [4.69, 9.17) is 4.74 Å². The summed E-state index contributed by atoms with van der Waals surface area (Å²) in [5, 5.41) is 16.4. The normalized spacial score (nSPS) is 18.3. The van der Waals surface area contributed by atoms with Gasteiger partial charge in [0.2, 0.25) is 16.0 Å². The third-order valence-electron chi connectivity index (χ3n) is 6.62. The van der Waals surface area contributed by atoms with Gasteiger partial charge in [0.15, 0.2) is 0 Å². The lowest BCUT2D eigenvalue weighted by Gasteiger charge is -2.42. The number of piperidine rings is 1. The van der Waals surface area contributed by atoms with Crippen LogP contribution in [-0.2, 0) is 27.5 Å². The Balaban J connectivity index is 1.39. The Labute approximate surface area is 236 Å². The van der Waals surface area contributed by atoms with Crippen molar-refractivity contribution in [3.8, 4) is 11.3 Å². The number of rotatable bonds is 7. The molecule has 4 rings (SSSR count). The zero-order valence-corrected chi connectivity index (χ0v) is 24.5. The minimum absolute atomic E-state index is 0.0171. The predicted octanol–water partition coefficient (Wildman–Crippen LogP) is 2.96. The Morgan fingerprint density at radius 3 is 2.32 bits per heavy atom. The maximum absolute atomic E-state index is 13.7. The second-order valence-corrected chi connectivity index (χ2v) is 14.3. The Hall–Kier alpha value is -2.98. The number of nitrogens with one attached hydrogen (secondary N) is 1. The lowest BCUT2D eigenvalue weighted by atomic mass is 10.1. The van der Waals surface area contributed by atoms with Gasteiger partial charge in [-0.15, -0.1) is 0 Å². The molecule has 41 heavy (non-hydrogen) atoms. The van der Waals surface area contributed by atoms with Gasteiger partial charge in [0.1, 0.15) is 16.4 Å². The number of hydrogen-bond donors (Lipinski definition) is 2. The van der Waals surface area contributed by atoms with Gasteiger partial charge in [-0.1, -0.05) is 0 Å². The molecular formula is C25H36F3N7O5S. The van der Waals surface area contributed by atoms with Crippen molar-refractivity contribution in [3.63, 3.8) is 0 Å². The van der Waals surface area contributed by atoms with E-state index in [0.29, 0.717) is 19.0 Å². The summed E-state index contributed by atoms with van der Waals surface area (Å²) in [5.74, 6) is -0.0171. The number of sulfonamides is 1. The van der Waals surface area contributed by atoms with Gasteiger partial charge < -0.3 is 20.1 Å². The summed E-state index contributed by atoms with van der Waals surface area (Å²) in [7, 11) is -3.63. The summed E-state index contributed by atoms with van der Waals surface area (Å²) in [6.45, 7) is 8.94. The van der Waals surface area contributed by atoms with Gasteiger partial charge in [0.05, 0.1) is 24.0 Å². The monoisotopic (exact) mass is 603 g/mol. The Kier molecular flexibility index (Phi) is 8.32. The molecule has 0 unspecified atom stereocenters. The highest BCUT2D eigenvalue weighted by molar-refractivity contribution is 7.89. The molecule has 2 N–H and O–H groups in total. The van der Waals surface area contributed by atoms with Crippen molar-refractivity contribution in [2.75, 3.05) is 31.5 Å². The largest absolute Gasteiger partial charge is 0.444 e. The number of aromatic nitrogens is 4. The van der Waals surface area contributed by atoms with Crippen LogP contribution >= 0.6 is 0 Å². The fraction of sp³-hybridized carbons (Fsp3) is 0.680. The van der Waals surface area contributed by atoms with Crippen molar-refractivity contribution in [1.82, 2.24) is 29.0 Å². The van der Waals surface area contributed by atoms with Gasteiger partial charge in [-0.05, 0) is 47.5 Å². The van der Waals surface area contributed by atoms with Gasteiger partial charge in [-0.25, -0.2) is 27.5 Å². The average molecular weight is 604 g/mol. The molecule has 0 spiro atoms. The molecule has 1 amide bonds. The molecule has 12 nitrogen and oxygen atoms in total. The van der Waals surface area contributed by atoms with Crippen LogP contribution in [0.4, 0.5) is 23.9 Å². The number of alkyl halides is 3. The lowest BCUT2D eigenvalue weighted by Crippen LogP contribution is -2.61. The first-order valence-corrected chi connectivity index (χ1v) is 14.7. The summed E-state index contributed by atoms with van der Waals surface area (Å²) in [5.41, 5.74) is -3.04. The molecule has 0 radical (unpaired) electrons. The highest BCUT2D eigenvalue weighted by Gasteiger charge is 2.45. The van der Waals surface area contributed by atoms with E-state index in [1.54, 1.807) is 34.6 Å². The maximum Gasteiger partial charge on any atom is 0.419 e. The number of carbonyl (C=O) groups excluding carboxylic acids is 1. The standard InChI is InChI=1S/C25H36F3N7O5S/c1-23(2,3)40-22(36)33-13-18(14-33)41(38,39)35-8-6-17(7-9-35)31-21-29-11-19(25(26,27)28)20(32-21)16-10-30-34(12-16)15-24(4,5)37/h10-12,17-18,37H,6-9,13-15H2,1-5H3,(H,29,31,32). The molecule has 2 aliphatic heterocycles. The third kappa shape index (κ3) is 7.65. The van der Waals surface area contributed by atoms with Crippen molar-refractivity contribution < 1.29 is 36.2 Å². The quantitative estimate of drug-likeness (QED) is 0.488. The number of anilines is 1. The van der Waals surface area contributed by atoms with E-state index in [9.17, 15) is 31.5 Å². The predicted molar refractivity (Wildman–Crippen MR) is 143 cm³/mol. The fourth-order valence-corrected chi connectivity index (χ4v) is 6.48. The molecule has 2 fully saturated rings. The smallest absolute Gasteiger partial charge is 0.419 e. The second-order valence-electron chi connectivity index (χ2n) is 12.1. The number of aliphatic hydroxyl groups is 1. The van der Waals surface area contributed by atoms with Crippen LogP contribution in [0, 0.1) is 0 Å². The number of hydrogen-bond acceptors (Lipinski definition) is 9. The summed E-state index contributed by atoms with van der Waals surface area (Å²) < 4.78 is 75.4. The van der Waals surface area contributed by atoms with Crippen LogP contribution in [0.2, 0.25) is 0 Å². The van der Waals surface area contributed by atoms with E-state index < -0.39 is 44.3 Å². The molecule has 228 valence electrons. The van der Waals surface area contributed by atoms with Crippen LogP contribution in [0.25, 0.3) is 11.3 Å². The first kappa shape index (κ1) is 31.0. The van der Waals surface area contributed by atoms with Gasteiger partial charge in [0.25, 0.3) is 0 Å². The van der Waals surface area contributed by atoms with Gasteiger partial charge in [0, 0.05) is 50.2 Å². The van der Waals surface area contributed by atoms with E-state index in [0.717, 1.165) is 0 Å². The van der Waals surface area contributed by atoms with Gasteiger partial charge >= 0.3 is 12.3 Å². The molecule has 0 aliphatic carbocycles. The van der Waals surface area contributed by atoms with Crippen LogP contribution in [0.15, 0.2) is 18.6 Å². The van der Waals surface area contributed by atoms with Crippen molar-refractivity contribution in [2.24, 2.45) is 0 Å². The van der Waals surface area contributed by atoms with Gasteiger partial charge in [-0.2, -0.15) is 18.3 Å². The average Bonchev–Trinajstić information content (AvgIpc) is 3.23. The molecule has 2 aromatic rings. The first-order valence-electron chi connectivity index (χ1n) is 13.2. The lowest BCUT2D eigenvalue weighted by molar-refractivity contribution is -0.137. The number of ether oxygens (including phenoxy) is 1. The zero-order valence-electron chi connectivity index (χ0n) is 23.6. The van der Waals surface area contributed by atoms with E-state index in [-0.39, 0.29) is 56.0 Å². The third-order valence-corrected chi connectivity index (χ3v) is 8.84. The van der Waals surface area contributed by atoms with Crippen LogP contribution in [0.1, 0.15) is 53.0 Å². The van der Waals surface area contributed by atoms with Crippen molar-refractivity contribution in [2.45, 2.75) is 82.7 Å². The van der Waals surface area contributed by atoms with Crippen LogP contribution < -0.4 is 5.32 Å². The summed E-state index contributed by atoms with van der Waals surface area (Å²) >= 11 is 0. The van der Waals surface area contributed by atoms with Crippen molar-refractivity contribution in [3.05, 3.63) is 24.2 Å². The molecule has 16 heteroatoms. The fourth-order valence-electron chi connectivity index (χ4n) is 4.60. The summed E-state index contributed by atoms with van der Waals surface area (Å²) in [4.78, 5) is 21.5. The van der Waals surface area contributed by atoms with Crippen LogP contribution in [0.5, 0.6) is 0 Å². The maximum atomic E-state index is 13.7. The van der Waals surface area contributed by atoms with E-state index in [1.807, 2.05) is 0 Å². The Bertz CT molecular complexity index is 1350. The Morgan fingerprint density at radius 1 is 1.12 bits per heavy atom. The first-order chi connectivity index (χ1) is 18.8. The Morgan fingerprint density at radius 2 is 1.76 bits per heavy atom. The number of amides is 1. The SMILES string of the molecule is CC(C)(O)Cn1cc(-c2nc(NC3CCN(S(=O)(=O)C4CN(C(=O)OC(C)(C)C)C4)CC3)ncc2C(F)(F)F)cn1. The van der Waals surface area contributed by atoms with E-state index in [1.165, 1.54) is 26.3 Å². The molecule has 0 bridgehead atoms. The molecule has 4 heterocycles. The topological polar surface area (TPSA) is 143 Å². The minimum Gasteiger partial charge on any atom is -0.444 e. The highest BCUT2D eigenvalue weighted by atomic mass is 32.2. The van der Waals surface area contributed by atoms with Crippen LogP contribution in [0.3, 0.4) is 0 Å². The van der Waals surface area contributed by atoms with Crippen molar-refractivity contribution >= 4 is 22.1 Å². The molecule has 2 aromatic heterocycles. The molecule has 0 atom stereocenters. The van der Waals surface area contributed by atoms with E-state index in [2.05, 4.69) is 20.4 Å². The van der Waals surface area contributed by atoms with Crippen LogP contribution in [-0.4, -0.2) is 97.2 Å². The number of nitrogens with zero attached hydrogens (tertiary/aromatic N) is 6. The molecular weight excluding hydrogens is 567 g/mol. The molecule has 0 aromatic carbocycles. The highest BCUT2D eigenvalue weighted by Crippen LogP contribution is 2.36. The summed E-state index contributed by atoms with van der Waals surface area (Å²) in [6, 6.07) is -0.261. The molecule has 2 aliphatic rings. The van der Waals surface area contributed by atoms with E-state index >= 15 is 0 Å². The number of likely N-dealkylation sites (tertiary alicyclic amines) is 1. The minimum atomic E-state index is -4.70. The number of carbonyl (C=O) groups is 1. The van der Waals surface area contributed by atoms with Gasteiger partial charge in [-0.3, -0.25) is 4.68 Å². The van der Waals surface area contributed by atoms with Crippen molar-refractivity contribution in [1.29, 1.82) is 0 Å². The molecule has 0 saturated carbocycles.